The summed E-state index contributed by atoms with van der Waals surface area (Å²) in [6.45, 7) is 1.35. The van der Waals surface area contributed by atoms with Crippen LogP contribution in [0.5, 0.6) is 0 Å². The van der Waals surface area contributed by atoms with Crippen LogP contribution in [0.15, 0.2) is 21.9 Å². The molecule has 2 rings (SSSR count). The molecular formula is C10H14FN2O6PS. The Labute approximate surface area is 123 Å². The van der Waals surface area contributed by atoms with E-state index < -0.39 is 49.2 Å². The molecule has 1 aromatic heterocycles. The normalized spacial score (nSPS) is 32.0. The van der Waals surface area contributed by atoms with Gasteiger partial charge in [-0.25, -0.2) is 9.18 Å². The molecule has 2 heterocycles. The van der Waals surface area contributed by atoms with Crippen molar-refractivity contribution in [3.63, 3.8) is 0 Å². The number of halogens is 1. The predicted octanol–water partition coefficient (Wildman–Crippen LogP) is -0.142. The van der Waals surface area contributed by atoms with Crippen LogP contribution in [0.4, 0.5) is 4.39 Å². The van der Waals surface area contributed by atoms with Crippen LogP contribution in [0.2, 0.25) is 0 Å². The number of hydrogen-bond donors (Lipinski definition) is 3. The molecule has 0 amide bonds. The zero-order valence-electron chi connectivity index (χ0n) is 10.8. The second-order valence-electron chi connectivity index (χ2n) is 4.54. The lowest BCUT2D eigenvalue weighted by molar-refractivity contribution is -0.0747. The summed E-state index contributed by atoms with van der Waals surface area (Å²) in [6, 6.07) is 1.03. The Kier molecular flexibility index (Phi) is 5.05. The summed E-state index contributed by atoms with van der Waals surface area (Å²) in [4.78, 5) is 24.6. The smallest absolute Gasteiger partial charge is 0.330 e. The van der Waals surface area contributed by atoms with Gasteiger partial charge in [-0.05, 0) is 6.92 Å². The molecule has 0 bridgehead atoms. The summed E-state index contributed by atoms with van der Waals surface area (Å²) in [7, 11) is -2.77. The molecule has 0 saturated carbocycles. The number of H-pyrrole nitrogens is 1. The Balaban J connectivity index is 2.35. The average Bonchev–Trinajstić information content (AvgIpc) is 2.67. The summed E-state index contributed by atoms with van der Waals surface area (Å²) in [5.74, 6) is 0. The molecule has 1 fully saturated rings. The number of ether oxygens (including phenoxy) is 1. The van der Waals surface area contributed by atoms with Gasteiger partial charge in [0.2, 0.25) is 7.23 Å². The van der Waals surface area contributed by atoms with E-state index in [4.69, 9.17) is 9.26 Å². The van der Waals surface area contributed by atoms with Gasteiger partial charge in [0.1, 0.15) is 12.2 Å². The Bertz CT molecular complexity index is 649. The maximum absolute atomic E-state index is 14.4. The zero-order chi connectivity index (χ0) is 15.7. The van der Waals surface area contributed by atoms with Gasteiger partial charge < -0.3 is 14.4 Å². The number of hydrogen-bond acceptors (Lipinski definition) is 6. The molecule has 1 aromatic rings. The van der Waals surface area contributed by atoms with E-state index in [1.54, 1.807) is 0 Å². The van der Waals surface area contributed by atoms with E-state index in [0.29, 0.717) is 0 Å². The van der Waals surface area contributed by atoms with Crippen LogP contribution in [-0.4, -0.2) is 39.1 Å². The molecule has 0 aliphatic carbocycles. The number of alkyl halides is 1. The first-order chi connectivity index (χ1) is 9.81. The molecule has 0 spiro atoms. The van der Waals surface area contributed by atoms with E-state index in [1.165, 1.54) is 6.92 Å². The molecule has 1 aliphatic rings. The minimum absolute atomic E-state index is 0.634. The van der Waals surface area contributed by atoms with Gasteiger partial charge in [-0.2, -0.15) is 0 Å². The highest BCUT2D eigenvalue weighted by Crippen LogP contribution is 2.40. The molecule has 2 N–H and O–H groups in total. The Hall–Kier alpha value is -0.930. The highest BCUT2D eigenvalue weighted by atomic mass is 32.7. The van der Waals surface area contributed by atoms with Gasteiger partial charge in [0.25, 0.3) is 5.56 Å². The zero-order valence-corrected chi connectivity index (χ0v) is 12.7. The summed E-state index contributed by atoms with van der Waals surface area (Å²) in [5, 5.41) is 9.60. The van der Waals surface area contributed by atoms with Gasteiger partial charge in [-0.15, -0.1) is 0 Å². The van der Waals surface area contributed by atoms with Crippen molar-refractivity contribution in [2.45, 2.75) is 37.6 Å². The van der Waals surface area contributed by atoms with Crippen molar-refractivity contribution in [1.29, 1.82) is 0 Å². The average molecular weight is 340 g/mol. The summed E-state index contributed by atoms with van der Waals surface area (Å²) in [6.07, 6.45) is -5.78. The molecule has 118 valence electrons. The second-order valence-corrected chi connectivity index (χ2v) is 6.41. The number of nitrogens with one attached hydrogen (secondary N) is 1. The van der Waals surface area contributed by atoms with E-state index in [9.17, 15) is 23.7 Å². The quantitative estimate of drug-likeness (QED) is 0.520. The SMILES string of the molecule is C[C@@H](O)[C@H]1O[C@@H](n2ccc(=O)[nH]c2=O)C(F)C1O[PH](=O)S. The third-order valence-corrected chi connectivity index (χ3v) is 3.83. The maximum Gasteiger partial charge on any atom is 0.330 e. The lowest BCUT2D eigenvalue weighted by Crippen LogP contribution is -2.37. The maximum atomic E-state index is 14.4. The molecule has 8 nitrogen and oxygen atoms in total. The van der Waals surface area contributed by atoms with Gasteiger partial charge in [0.15, 0.2) is 12.4 Å². The first-order valence-electron chi connectivity index (χ1n) is 6.00. The largest absolute Gasteiger partial charge is 0.391 e. The number of aliphatic hydroxyl groups excluding tert-OH is 1. The van der Waals surface area contributed by atoms with Crippen molar-refractivity contribution >= 4 is 19.5 Å². The Morgan fingerprint density at radius 3 is 2.81 bits per heavy atom. The number of aromatic nitrogens is 2. The second kappa shape index (κ2) is 6.45. The molecule has 6 atom stereocenters. The third kappa shape index (κ3) is 3.46. The molecule has 21 heavy (non-hydrogen) atoms. The van der Waals surface area contributed by atoms with Crippen molar-refractivity contribution in [1.82, 2.24) is 9.55 Å². The van der Waals surface area contributed by atoms with E-state index in [-0.39, 0.29) is 0 Å². The monoisotopic (exact) mass is 340 g/mol. The molecule has 0 radical (unpaired) electrons. The van der Waals surface area contributed by atoms with Crippen LogP contribution in [0.3, 0.4) is 0 Å². The van der Waals surface area contributed by atoms with Crippen LogP contribution >= 0.6 is 19.5 Å². The fraction of sp³-hybridized carbons (Fsp3) is 0.600. The summed E-state index contributed by atoms with van der Waals surface area (Å²) < 4.78 is 36.5. The van der Waals surface area contributed by atoms with Crippen LogP contribution in [-0.2, 0) is 13.8 Å². The molecule has 0 aromatic carbocycles. The van der Waals surface area contributed by atoms with E-state index >= 15 is 0 Å². The standard InChI is InChI=1S/C10H14FN2O6PS/c1-4(14)7-8(19-20(17)21)6(11)9(18-7)13-3-2-5(15)12-10(13)16/h2-4,6-9,14,20H,1H3,(H,17,21)(H,12,15,16)/t4-,6?,7-,8?,9-/m1/s1. The first kappa shape index (κ1) is 16.4. The van der Waals surface area contributed by atoms with Gasteiger partial charge in [0, 0.05) is 12.3 Å². The van der Waals surface area contributed by atoms with E-state index in [1.807, 2.05) is 4.98 Å². The third-order valence-electron chi connectivity index (χ3n) is 3.04. The Morgan fingerprint density at radius 2 is 2.29 bits per heavy atom. The van der Waals surface area contributed by atoms with Crippen LogP contribution in [0.25, 0.3) is 0 Å². The molecule has 11 heteroatoms. The van der Waals surface area contributed by atoms with Crippen molar-refractivity contribution in [3.8, 4) is 0 Å². The van der Waals surface area contributed by atoms with Crippen molar-refractivity contribution in [2.75, 3.05) is 0 Å². The van der Waals surface area contributed by atoms with E-state index in [0.717, 1.165) is 16.8 Å². The van der Waals surface area contributed by atoms with Crippen LogP contribution < -0.4 is 11.2 Å². The molecular weight excluding hydrogens is 326 g/mol. The van der Waals surface area contributed by atoms with E-state index in [2.05, 4.69) is 12.2 Å². The number of thiol groups is 1. The number of aromatic amines is 1. The highest BCUT2D eigenvalue weighted by Gasteiger charge is 2.49. The van der Waals surface area contributed by atoms with Gasteiger partial charge >= 0.3 is 5.69 Å². The van der Waals surface area contributed by atoms with Crippen LogP contribution in [0.1, 0.15) is 13.2 Å². The number of nitrogens with zero attached hydrogens (tertiary/aromatic N) is 1. The summed E-state index contributed by atoms with van der Waals surface area (Å²) >= 11 is 3.58. The van der Waals surface area contributed by atoms with Crippen LogP contribution in [0, 0.1) is 0 Å². The summed E-state index contributed by atoms with van der Waals surface area (Å²) in [5.41, 5.74) is -1.50. The van der Waals surface area contributed by atoms with Crippen molar-refractivity contribution in [3.05, 3.63) is 33.1 Å². The number of rotatable bonds is 4. The predicted molar refractivity (Wildman–Crippen MR) is 74.7 cm³/mol. The molecule has 1 aliphatic heterocycles. The fourth-order valence-electron chi connectivity index (χ4n) is 2.14. The Morgan fingerprint density at radius 1 is 1.62 bits per heavy atom. The first-order valence-corrected chi connectivity index (χ1v) is 8.60. The van der Waals surface area contributed by atoms with Gasteiger partial charge in [0.05, 0.1) is 6.10 Å². The van der Waals surface area contributed by atoms with Gasteiger partial charge in [-0.1, -0.05) is 12.2 Å². The fourth-order valence-corrected chi connectivity index (χ4v) is 3.00. The minimum Gasteiger partial charge on any atom is -0.391 e. The van der Waals surface area contributed by atoms with Gasteiger partial charge in [-0.3, -0.25) is 18.9 Å². The molecule has 1 saturated heterocycles. The lowest BCUT2D eigenvalue weighted by atomic mass is 10.1. The topological polar surface area (TPSA) is 111 Å². The number of aliphatic hydroxyl groups is 1. The molecule has 3 unspecified atom stereocenters. The lowest BCUT2D eigenvalue weighted by Gasteiger charge is -2.20. The van der Waals surface area contributed by atoms with Crippen molar-refractivity contribution < 1.29 is 23.3 Å². The van der Waals surface area contributed by atoms with Crippen molar-refractivity contribution in [2.24, 2.45) is 0 Å². The highest BCUT2D eigenvalue weighted by molar-refractivity contribution is 8.39. The minimum atomic E-state index is -2.77.